The lowest BCUT2D eigenvalue weighted by Gasteiger charge is -2.13. The number of nitrogen functional groups attached to an aromatic ring is 1. The van der Waals surface area contributed by atoms with Gasteiger partial charge in [0.1, 0.15) is 5.39 Å². The Morgan fingerprint density at radius 2 is 2.10 bits per heavy atom. The van der Waals surface area contributed by atoms with E-state index >= 15 is 0 Å². The molecule has 4 rings (SSSR count). The van der Waals surface area contributed by atoms with Gasteiger partial charge in [-0.05, 0) is 12.1 Å². The number of aromatic nitrogens is 3. The van der Waals surface area contributed by atoms with E-state index in [0.29, 0.717) is 48.0 Å². The highest BCUT2D eigenvalue weighted by molar-refractivity contribution is 5.96. The van der Waals surface area contributed by atoms with Crippen LogP contribution in [0.2, 0.25) is 0 Å². The summed E-state index contributed by atoms with van der Waals surface area (Å²) in [6, 6.07) is 3.76. The minimum absolute atomic E-state index is 0.317. The molecular formula is C14H14N4O3. The molecule has 1 aliphatic heterocycles. The smallest absolute Gasteiger partial charge is 0.178 e. The first kappa shape index (κ1) is 12.1. The predicted molar refractivity (Wildman–Crippen MR) is 75.4 cm³/mol. The minimum atomic E-state index is 0.317. The monoisotopic (exact) mass is 286 g/mol. The number of nitrogens with two attached hydrogens (primary N) is 1. The lowest BCUT2D eigenvalue weighted by molar-refractivity contribution is 0.296. The highest BCUT2D eigenvalue weighted by Gasteiger charge is 2.23. The predicted octanol–water partition coefficient (Wildman–Crippen LogP) is 1.82. The maximum absolute atomic E-state index is 5.88. The highest BCUT2D eigenvalue weighted by Crippen LogP contribution is 2.43. The van der Waals surface area contributed by atoms with E-state index in [4.69, 9.17) is 19.7 Å². The van der Waals surface area contributed by atoms with Gasteiger partial charge in [0.25, 0.3) is 0 Å². The van der Waals surface area contributed by atoms with Gasteiger partial charge in [-0.1, -0.05) is 5.16 Å². The quantitative estimate of drug-likeness (QED) is 0.773. The lowest BCUT2D eigenvalue weighted by Crippen LogP contribution is -2.04. The van der Waals surface area contributed by atoms with Gasteiger partial charge in [0.2, 0.25) is 0 Å². The summed E-state index contributed by atoms with van der Waals surface area (Å²) in [5.41, 5.74) is 7.41. The Hall–Kier alpha value is -2.70. The number of rotatable bonds is 2. The molecule has 7 nitrogen and oxygen atoms in total. The molecule has 0 saturated heterocycles. The van der Waals surface area contributed by atoms with Crippen molar-refractivity contribution in [2.45, 2.75) is 13.0 Å². The number of ether oxygens (including phenoxy) is 2. The molecular weight excluding hydrogens is 272 g/mol. The summed E-state index contributed by atoms with van der Waals surface area (Å²) >= 11 is 0. The van der Waals surface area contributed by atoms with Crippen LogP contribution in [0.5, 0.6) is 11.5 Å². The maximum atomic E-state index is 5.88. The third kappa shape index (κ3) is 1.97. The van der Waals surface area contributed by atoms with Crippen LogP contribution in [0.3, 0.4) is 0 Å². The molecule has 0 radical (unpaired) electrons. The van der Waals surface area contributed by atoms with Gasteiger partial charge in [-0.15, -0.1) is 0 Å². The summed E-state index contributed by atoms with van der Waals surface area (Å²) in [5, 5.41) is 8.71. The molecule has 7 heteroatoms. The Morgan fingerprint density at radius 1 is 1.24 bits per heavy atom. The summed E-state index contributed by atoms with van der Waals surface area (Å²) in [7, 11) is 0. The molecule has 0 unspecified atom stereocenters. The molecule has 0 bridgehead atoms. The topological polar surface area (TPSA) is 88.3 Å². The Balaban J connectivity index is 1.91. The average Bonchev–Trinajstić information content (AvgIpc) is 3.04. The zero-order valence-corrected chi connectivity index (χ0v) is 11.3. The van der Waals surface area contributed by atoms with Crippen molar-refractivity contribution < 1.29 is 14.0 Å². The van der Waals surface area contributed by atoms with Crippen LogP contribution in [0.15, 0.2) is 29.0 Å². The molecule has 21 heavy (non-hydrogen) atoms. The molecule has 0 fully saturated rings. The Kier molecular flexibility index (Phi) is 2.70. The second-order valence-electron chi connectivity index (χ2n) is 4.89. The second kappa shape index (κ2) is 4.69. The number of hydrogen-bond acceptors (Lipinski definition) is 6. The van der Waals surface area contributed by atoms with Crippen LogP contribution < -0.4 is 15.2 Å². The van der Waals surface area contributed by atoms with Gasteiger partial charge in [0.05, 0.1) is 19.8 Å². The molecule has 0 amide bonds. The second-order valence-corrected chi connectivity index (χ2v) is 4.89. The van der Waals surface area contributed by atoms with Gasteiger partial charge >= 0.3 is 0 Å². The van der Waals surface area contributed by atoms with Crippen LogP contribution >= 0.6 is 0 Å². The van der Waals surface area contributed by atoms with E-state index in [1.807, 2.05) is 23.0 Å². The van der Waals surface area contributed by atoms with Crippen LogP contribution in [0.4, 0.5) is 5.82 Å². The summed E-state index contributed by atoms with van der Waals surface area (Å²) < 4.78 is 18.8. The molecule has 1 aliphatic rings. The maximum Gasteiger partial charge on any atom is 0.178 e. The van der Waals surface area contributed by atoms with Gasteiger partial charge in [-0.25, -0.2) is 0 Å². The normalized spacial score (nSPS) is 14.3. The van der Waals surface area contributed by atoms with E-state index in [-0.39, 0.29) is 0 Å². The van der Waals surface area contributed by atoms with Gasteiger partial charge in [-0.3, -0.25) is 4.68 Å². The average molecular weight is 286 g/mol. The largest absolute Gasteiger partial charge is 0.489 e. The van der Waals surface area contributed by atoms with Gasteiger partial charge in [0.15, 0.2) is 22.9 Å². The Bertz CT molecular complexity index is 779. The van der Waals surface area contributed by atoms with Crippen LogP contribution in [0, 0.1) is 0 Å². The van der Waals surface area contributed by atoms with Crippen molar-refractivity contribution in [2.75, 3.05) is 18.9 Å². The van der Waals surface area contributed by atoms with Gasteiger partial charge < -0.3 is 19.7 Å². The van der Waals surface area contributed by atoms with E-state index in [2.05, 4.69) is 10.3 Å². The molecule has 1 aromatic carbocycles. The third-order valence-corrected chi connectivity index (χ3v) is 3.45. The first-order chi connectivity index (χ1) is 10.3. The molecule has 108 valence electrons. The number of fused-ring (bicyclic) bond motifs is 3. The molecule has 2 N–H and O–H groups in total. The number of anilines is 1. The summed E-state index contributed by atoms with van der Waals surface area (Å²) in [6.45, 7) is 1.75. The highest BCUT2D eigenvalue weighted by atomic mass is 16.5. The molecule has 0 saturated carbocycles. The summed E-state index contributed by atoms with van der Waals surface area (Å²) in [5.74, 6) is 1.63. The first-order valence-electron chi connectivity index (χ1n) is 6.76. The van der Waals surface area contributed by atoms with Crippen molar-refractivity contribution in [3.63, 3.8) is 0 Å². The fraction of sp³-hybridized carbons (Fsp3) is 0.286. The third-order valence-electron chi connectivity index (χ3n) is 3.45. The van der Waals surface area contributed by atoms with Crippen LogP contribution in [-0.4, -0.2) is 28.2 Å². The van der Waals surface area contributed by atoms with E-state index in [0.717, 1.165) is 12.0 Å². The van der Waals surface area contributed by atoms with E-state index < -0.39 is 0 Å². The fourth-order valence-electron chi connectivity index (χ4n) is 2.52. The Morgan fingerprint density at radius 3 is 2.90 bits per heavy atom. The zero-order chi connectivity index (χ0) is 14.2. The number of benzene rings is 1. The van der Waals surface area contributed by atoms with Crippen molar-refractivity contribution in [1.82, 2.24) is 14.9 Å². The fourth-order valence-corrected chi connectivity index (χ4v) is 2.52. The van der Waals surface area contributed by atoms with E-state index in [9.17, 15) is 0 Å². The van der Waals surface area contributed by atoms with Gasteiger partial charge in [0, 0.05) is 24.4 Å². The van der Waals surface area contributed by atoms with Gasteiger partial charge in [-0.2, -0.15) is 5.10 Å². The molecule has 0 atom stereocenters. The van der Waals surface area contributed by atoms with Crippen molar-refractivity contribution in [3.8, 4) is 11.5 Å². The molecule has 2 aromatic heterocycles. The van der Waals surface area contributed by atoms with Crippen molar-refractivity contribution >= 4 is 16.8 Å². The van der Waals surface area contributed by atoms with Crippen molar-refractivity contribution in [1.29, 1.82) is 0 Å². The number of nitrogens with zero attached hydrogens (tertiary/aromatic N) is 3. The number of hydrogen-bond donors (Lipinski definition) is 1. The summed E-state index contributed by atoms with van der Waals surface area (Å²) in [6.07, 6.45) is 4.45. The SMILES string of the molecule is Nc1noc2cc(Cn3cccn3)c3c(c12)OCCCO3. The van der Waals surface area contributed by atoms with Crippen molar-refractivity contribution in [3.05, 3.63) is 30.1 Å². The van der Waals surface area contributed by atoms with E-state index in [1.165, 1.54) is 0 Å². The standard InChI is InChI=1S/C14H14N4O3/c15-14-11-10(21-17-14)7-9(8-18-4-1-3-16-18)12-13(11)20-6-2-5-19-12/h1,3-4,7H,2,5-6,8H2,(H2,15,17). The minimum Gasteiger partial charge on any atom is -0.489 e. The zero-order valence-electron chi connectivity index (χ0n) is 11.3. The lowest BCUT2D eigenvalue weighted by atomic mass is 10.1. The first-order valence-corrected chi connectivity index (χ1v) is 6.76. The van der Waals surface area contributed by atoms with E-state index in [1.54, 1.807) is 6.20 Å². The Labute approximate surface area is 120 Å². The van der Waals surface area contributed by atoms with Crippen molar-refractivity contribution in [2.24, 2.45) is 0 Å². The molecule has 3 heterocycles. The van der Waals surface area contributed by atoms with Crippen LogP contribution in [0.1, 0.15) is 12.0 Å². The van der Waals surface area contributed by atoms with Crippen LogP contribution in [-0.2, 0) is 6.54 Å². The molecule has 3 aromatic rings. The molecule has 0 spiro atoms. The van der Waals surface area contributed by atoms with Crippen LogP contribution in [0.25, 0.3) is 11.0 Å². The summed E-state index contributed by atoms with van der Waals surface area (Å²) in [4.78, 5) is 0. The molecule has 0 aliphatic carbocycles.